The van der Waals surface area contributed by atoms with Crippen molar-refractivity contribution in [3.63, 3.8) is 0 Å². The van der Waals surface area contributed by atoms with Gasteiger partial charge in [0.15, 0.2) is 0 Å². The van der Waals surface area contributed by atoms with E-state index in [0.29, 0.717) is 11.7 Å². The van der Waals surface area contributed by atoms with Crippen LogP contribution in [0.5, 0.6) is 0 Å². The maximum atomic E-state index is 11.9. The van der Waals surface area contributed by atoms with E-state index < -0.39 is 10.8 Å². The van der Waals surface area contributed by atoms with E-state index in [1.807, 2.05) is 18.2 Å². The molecule has 1 heterocycles. The number of hydrogen-bond donors (Lipinski definition) is 1. The molecule has 1 aromatic rings. The molecule has 1 aromatic carbocycles. The number of benzene rings is 1. The summed E-state index contributed by atoms with van der Waals surface area (Å²) in [7, 11) is -0.765. The molecule has 0 radical (unpaired) electrons. The van der Waals surface area contributed by atoms with Crippen LogP contribution in [0.4, 0.5) is 0 Å². The predicted octanol–water partition coefficient (Wildman–Crippen LogP) is 3.13. The first-order valence-corrected chi connectivity index (χ1v) is 8.25. The average Bonchev–Trinajstić information content (AvgIpc) is 2.39. The van der Waals surface area contributed by atoms with Crippen LogP contribution in [0.15, 0.2) is 22.7 Å². The van der Waals surface area contributed by atoms with Crippen molar-refractivity contribution >= 4 is 38.3 Å². The highest BCUT2D eigenvalue weighted by Crippen LogP contribution is 2.28. The van der Waals surface area contributed by atoms with Crippen molar-refractivity contribution in [1.29, 1.82) is 0 Å². The third-order valence-electron chi connectivity index (χ3n) is 2.87. The Morgan fingerprint density at radius 1 is 1.47 bits per heavy atom. The van der Waals surface area contributed by atoms with E-state index in [2.05, 4.69) is 28.2 Å². The number of hydrogen-bond acceptors (Lipinski definition) is 2. The molecule has 17 heavy (non-hydrogen) atoms. The molecule has 3 unspecified atom stereocenters. The molecular weight excluding hydrogens is 322 g/mol. The Hall–Kier alpha value is 0.1000. The first-order valence-electron chi connectivity index (χ1n) is 5.59. The van der Waals surface area contributed by atoms with E-state index >= 15 is 0 Å². The average molecular weight is 337 g/mol. The van der Waals surface area contributed by atoms with Crippen molar-refractivity contribution < 1.29 is 4.21 Å². The molecule has 2 nitrogen and oxygen atoms in total. The second-order valence-corrected chi connectivity index (χ2v) is 7.37. The summed E-state index contributed by atoms with van der Waals surface area (Å²) < 4.78 is 12.8. The summed E-state index contributed by atoms with van der Waals surface area (Å²) >= 11 is 9.62. The fourth-order valence-electron chi connectivity index (χ4n) is 2.02. The van der Waals surface area contributed by atoms with Crippen LogP contribution in [0.25, 0.3) is 0 Å². The first-order chi connectivity index (χ1) is 8.06. The zero-order chi connectivity index (χ0) is 12.4. The lowest BCUT2D eigenvalue weighted by Crippen LogP contribution is -2.26. The molecule has 2 rings (SSSR count). The number of rotatable bonds is 1. The summed E-state index contributed by atoms with van der Waals surface area (Å²) in [6.07, 6.45) is 0. The van der Waals surface area contributed by atoms with Gasteiger partial charge in [0.25, 0.3) is 0 Å². The standard InChI is InChI=1S/C12H15BrClNOS/c1-8-5-15-12(7-17(16)6-8)10-3-2-9(13)4-11(10)14/h2-4,8,12,15H,5-7H2,1H3. The lowest BCUT2D eigenvalue weighted by Gasteiger charge is -2.17. The number of halogens is 2. The molecule has 1 aliphatic rings. The van der Waals surface area contributed by atoms with Crippen molar-refractivity contribution in [3.05, 3.63) is 33.3 Å². The maximum Gasteiger partial charge on any atom is 0.0465 e. The summed E-state index contributed by atoms with van der Waals surface area (Å²) in [5.74, 6) is 1.87. The smallest absolute Gasteiger partial charge is 0.0465 e. The van der Waals surface area contributed by atoms with Crippen molar-refractivity contribution in [2.45, 2.75) is 13.0 Å². The SMILES string of the molecule is CC1CNC(c2ccc(Br)cc2Cl)CS(=O)C1. The maximum absolute atomic E-state index is 11.9. The zero-order valence-electron chi connectivity index (χ0n) is 9.58. The van der Waals surface area contributed by atoms with Crippen LogP contribution in [0, 0.1) is 5.92 Å². The topological polar surface area (TPSA) is 29.1 Å². The molecule has 94 valence electrons. The van der Waals surface area contributed by atoms with Gasteiger partial charge in [-0.15, -0.1) is 0 Å². The van der Waals surface area contributed by atoms with Crippen LogP contribution < -0.4 is 5.32 Å². The van der Waals surface area contributed by atoms with Gasteiger partial charge in [-0.3, -0.25) is 4.21 Å². The van der Waals surface area contributed by atoms with Crippen molar-refractivity contribution in [3.8, 4) is 0 Å². The summed E-state index contributed by atoms with van der Waals surface area (Å²) in [4.78, 5) is 0. The molecule has 3 atom stereocenters. The fraction of sp³-hybridized carbons (Fsp3) is 0.500. The molecule has 1 N–H and O–H groups in total. The molecule has 1 saturated heterocycles. The fourth-order valence-corrected chi connectivity index (χ4v) is 4.38. The van der Waals surface area contributed by atoms with Gasteiger partial charge in [0.2, 0.25) is 0 Å². The molecule has 1 aliphatic heterocycles. The Kier molecular flexibility index (Phi) is 4.64. The van der Waals surface area contributed by atoms with Gasteiger partial charge in [-0.1, -0.05) is 40.5 Å². The van der Waals surface area contributed by atoms with Gasteiger partial charge in [0.05, 0.1) is 0 Å². The molecule has 5 heteroatoms. The first kappa shape index (κ1) is 13.5. The second kappa shape index (κ2) is 5.83. The Balaban J connectivity index is 2.23. The quantitative estimate of drug-likeness (QED) is 0.853. The third kappa shape index (κ3) is 3.53. The Bertz CT molecular complexity index is 441. The monoisotopic (exact) mass is 335 g/mol. The second-order valence-electron chi connectivity index (χ2n) is 4.51. The molecular formula is C12H15BrClNOS. The van der Waals surface area contributed by atoms with E-state index in [0.717, 1.165) is 27.4 Å². The Morgan fingerprint density at radius 3 is 2.94 bits per heavy atom. The van der Waals surface area contributed by atoms with Gasteiger partial charge in [-0.25, -0.2) is 0 Å². The molecule has 0 saturated carbocycles. The van der Waals surface area contributed by atoms with Crippen LogP contribution >= 0.6 is 27.5 Å². The summed E-state index contributed by atoms with van der Waals surface area (Å²) in [6, 6.07) is 5.95. The van der Waals surface area contributed by atoms with Gasteiger partial charge in [0.1, 0.15) is 0 Å². The predicted molar refractivity (Wildman–Crippen MR) is 76.9 cm³/mol. The van der Waals surface area contributed by atoms with Crippen molar-refractivity contribution in [2.75, 3.05) is 18.1 Å². The zero-order valence-corrected chi connectivity index (χ0v) is 12.7. The minimum Gasteiger partial charge on any atom is -0.309 e. The molecule has 0 spiro atoms. The van der Waals surface area contributed by atoms with Crippen LogP contribution in [-0.2, 0) is 10.8 Å². The van der Waals surface area contributed by atoms with Gasteiger partial charge in [-0.2, -0.15) is 0 Å². The normalized spacial score (nSPS) is 29.9. The van der Waals surface area contributed by atoms with Gasteiger partial charge in [0, 0.05) is 37.8 Å². The minimum absolute atomic E-state index is 0.0985. The van der Waals surface area contributed by atoms with Crippen LogP contribution in [0.1, 0.15) is 18.5 Å². The number of nitrogens with one attached hydrogen (secondary N) is 1. The van der Waals surface area contributed by atoms with Crippen LogP contribution in [-0.4, -0.2) is 22.3 Å². The van der Waals surface area contributed by atoms with Crippen LogP contribution in [0.2, 0.25) is 5.02 Å². The van der Waals surface area contributed by atoms with Gasteiger partial charge >= 0.3 is 0 Å². The molecule has 0 bridgehead atoms. The summed E-state index contributed by atoms with van der Waals surface area (Å²) in [5.41, 5.74) is 1.04. The van der Waals surface area contributed by atoms with Gasteiger partial charge < -0.3 is 5.32 Å². The molecule has 0 aromatic heterocycles. The van der Waals surface area contributed by atoms with Gasteiger partial charge in [-0.05, 0) is 30.2 Å². The highest BCUT2D eigenvalue weighted by Gasteiger charge is 2.23. The Morgan fingerprint density at radius 2 is 2.24 bits per heavy atom. The third-order valence-corrected chi connectivity index (χ3v) is 5.34. The Labute approximate surface area is 118 Å². The van der Waals surface area contributed by atoms with Crippen molar-refractivity contribution in [2.24, 2.45) is 5.92 Å². The van der Waals surface area contributed by atoms with E-state index in [1.54, 1.807) is 0 Å². The van der Waals surface area contributed by atoms with Crippen LogP contribution in [0.3, 0.4) is 0 Å². The lowest BCUT2D eigenvalue weighted by atomic mass is 10.1. The van der Waals surface area contributed by atoms with Crippen molar-refractivity contribution in [1.82, 2.24) is 5.32 Å². The highest BCUT2D eigenvalue weighted by molar-refractivity contribution is 9.10. The highest BCUT2D eigenvalue weighted by atomic mass is 79.9. The van der Waals surface area contributed by atoms with E-state index in [4.69, 9.17) is 11.6 Å². The molecule has 0 aliphatic carbocycles. The van der Waals surface area contributed by atoms with E-state index in [9.17, 15) is 4.21 Å². The minimum atomic E-state index is -0.765. The molecule has 1 fully saturated rings. The summed E-state index contributed by atoms with van der Waals surface area (Å²) in [6.45, 7) is 3.01. The van der Waals surface area contributed by atoms with E-state index in [1.165, 1.54) is 0 Å². The summed E-state index contributed by atoms with van der Waals surface area (Å²) in [5, 5.41) is 4.17. The molecule has 0 amide bonds. The lowest BCUT2D eigenvalue weighted by molar-refractivity contribution is 0.518. The van der Waals surface area contributed by atoms with E-state index in [-0.39, 0.29) is 6.04 Å². The largest absolute Gasteiger partial charge is 0.309 e.